The van der Waals surface area contributed by atoms with E-state index in [9.17, 15) is 14.4 Å². The second kappa shape index (κ2) is 6.45. The Morgan fingerprint density at radius 1 is 1.14 bits per heavy atom. The average Bonchev–Trinajstić information content (AvgIpc) is 3.15. The van der Waals surface area contributed by atoms with E-state index < -0.39 is 0 Å². The van der Waals surface area contributed by atoms with Gasteiger partial charge in [-0.2, -0.15) is 0 Å². The van der Waals surface area contributed by atoms with Crippen molar-refractivity contribution in [2.24, 2.45) is 29.1 Å². The first-order valence-corrected chi connectivity index (χ1v) is 11.8. The van der Waals surface area contributed by atoms with E-state index in [0.717, 1.165) is 44.9 Å². The largest absolute Gasteiger partial charge is 0.458 e. The van der Waals surface area contributed by atoms with Crippen molar-refractivity contribution in [1.29, 1.82) is 0 Å². The highest BCUT2D eigenvalue weighted by atomic mass is 32.2. The maximum absolute atomic E-state index is 12.1. The van der Waals surface area contributed by atoms with Crippen LogP contribution in [0.15, 0.2) is 11.6 Å². The molecular weight excluding hydrogens is 372 g/mol. The van der Waals surface area contributed by atoms with Crippen LogP contribution in [0.1, 0.15) is 71.6 Å². The van der Waals surface area contributed by atoms with Crippen LogP contribution < -0.4 is 0 Å². The minimum absolute atomic E-state index is 0.0293. The maximum Gasteiger partial charge on any atom is 0.306 e. The summed E-state index contributed by atoms with van der Waals surface area (Å²) in [6, 6.07) is 0. The lowest BCUT2D eigenvalue weighted by Crippen LogP contribution is -2.55. The van der Waals surface area contributed by atoms with E-state index in [4.69, 9.17) is 4.74 Å². The molecule has 0 radical (unpaired) electrons. The van der Waals surface area contributed by atoms with Crippen LogP contribution in [0.25, 0.3) is 0 Å². The third-order valence-corrected chi connectivity index (χ3v) is 10.1. The number of carbonyl (C=O) groups excluding carboxylic acids is 3. The highest BCUT2D eigenvalue weighted by Crippen LogP contribution is 2.68. The van der Waals surface area contributed by atoms with Gasteiger partial charge in [0.15, 0.2) is 10.9 Å². The summed E-state index contributed by atoms with van der Waals surface area (Å²) in [5.74, 6) is 2.30. The van der Waals surface area contributed by atoms with Crippen LogP contribution in [0.5, 0.6) is 0 Å². The minimum atomic E-state index is -0.274. The Morgan fingerprint density at radius 2 is 1.96 bits per heavy atom. The molecule has 5 aliphatic rings. The molecule has 5 heteroatoms. The predicted octanol–water partition coefficient (Wildman–Crippen LogP) is 4.46. The van der Waals surface area contributed by atoms with Crippen molar-refractivity contribution in [3.63, 3.8) is 0 Å². The third-order valence-electron chi connectivity index (χ3n) is 8.94. The monoisotopic (exact) mass is 402 g/mol. The summed E-state index contributed by atoms with van der Waals surface area (Å²) >= 11 is 1.50. The van der Waals surface area contributed by atoms with Crippen LogP contribution in [0.4, 0.5) is 0 Å². The molecule has 3 saturated carbocycles. The predicted molar refractivity (Wildman–Crippen MR) is 108 cm³/mol. The number of fused-ring (bicyclic) bond motifs is 6. The molecule has 0 aromatic carbocycles. The Bertz CT molecular complexity index is 773. The van der Waals surface area contributed by atoms with Crippen LogP contribution in [0.3, 0.4) is 0 Å². The summed E-state index contributed by atoms with van der Waals surface area (Å²) < 4.78 is 6.03. The van der Waals surface area contributed by atoms with Gasteiger partial charge in [-0.3, -0.25) is 14.4 Å². The fraction of sp³-hybridized carbons (Fsp3) is 0.783. The van der Waals surface area contributed by atoms with Gasteiger partial charge in [0.05, 0.1) is 0 Å². The highest BCUT2D eigenvalue weighted by molar-refractivity contribution is 8.14. The molecule has 28 heavy (non-hydrogen) atoms. The number of carbonyl (C=O) groups is 3. The summed E-state index contributed by atoms with van der Waals surface area (Å²) in [6.45, 7) is 4.04. The number of hydrogen-bond acceptors (Lipinski definition) is 5. The third kappa shape index (κ3) is 2.60. The number of allylic oxidation sites excluding steroid dienone is 1. The molecule has 1 saturated heterocycles. The van der Waals surface area contributed by atoms with Crippen LogP contribution in [-0.4, -0.2) is 27.7 Å². The first-order valence-electron chi connectivity index (χ1n) is 11.0. The molecule has 0 aromatic rings. The first-order chi connectivity index (χ1) is 13.3. The Balaban J connectivity index is 1.52. The topological polar surface area (TPSA) is 60.4 Å². The lowest BCUT2D eigenvalue weighted by atomic mass is 9.50. The molecule has 1 heterocycles. The van der Waals surface area contributed by atoms with Crippen molar-refractivity contribution in [2.45, 2.75) is 82.5 Å². The van der Waals surface area contributed by atoms with E-state index in [1.165, 1.54) is 17.3 Å². The molecule has 1 spiro atoms. The van der Waals surface area contributed by atoms with Gasteiger partial charge in [0.2, 0.25) is 0 Å². The quantitative estimate of drug-likeness (QED) is 0.606. The number of ketones is 1. The molecule has 0 aromatic heterocycles. The molecule has 0 N–H and O–H groups in total. The molecule has 5 rings (SSSR count). The minimum Gasteiger partial charge on any atom is -0.458 e. The van der Waals surface area contributed by atoms with E-state index >= 15 is 0 Å². The molecule has 0 unspecified atom stereocenters. The van der Waals surface area contributed by atoms with Crippen molar-refractivity contribution >= 4 is 28.6 Å². The molecule has 152 valence electrons. The van der Waals surface area contributed by atoms with Gasteiger partial charge in [-0.1, -0.05) is 24.3 Å². The number of thioether (sulfide) groups is 1. The fourth-order valence-electron chi connectivity index (χ4n) is 7.80. The second-order valence-electron chi connectivity index (χ2n) is 9.99. The van der Waals surface area contributed by atoms with Gasteiger partial charge in [-0.15, -0.1) is 0 Å². The van der Waals surface area contributed by atoms with E-state index in [1.54, 1.807) is 6.92 Å². The molecular formula is C23H30O4S. The average molecular weight is 403 g/mol. The van der Waals surface area contributed by atoms with Gasteiger partial charge in [0, 0.05) is 30.4 Å². The SMILES string of the molecule is CC(=O)S[C@@H]1CC2=CC(=O)CC[C@@H]2[C@H]2CC[C@@]3(C)[C@@H](CC[C@@]34CCC(=O)O4)[C@@H]21. The van der Waals surface area contributed by atoms with Crippen molar-refractivity contribution in [3.05, 3.63) is 11.6 Å². The van der Waals surface area contributed by atoms with E-state index in [0.29, 0.717) is 36.5 Å². The Morgan fingerprint density at radius 3 is 2.68 bits per heavy atom. The van der Waals surface area contributed by atoms with Crippen LogP contribution in [-0.2, 0) is 19.1 Å². The second-order valence-corrected chi connectivity index (χ2v) is 11.4. The molecule has 0 bridgehead atoms. The Kier molecular flexibility index (Phi) is 4.35. The molecule has 4 aliphatic carbocycles. The van der Waals surface area contributed by atoms with Gasteiger partial charge < -0.3 is 4.74 Å². The summed E-state index contributed by atoms with van der Waals surface area (Å²) in [5, 5.41) is 0.435. The first kappa shape index (κ1) is 18.9. The molecule has 4 nitrogen and oxygen atoms in total. The summed E-state index contributed by atoms with van der Waals surface area (Å²) in [6.07, 6.45) is 10.2. The standard InChI is InChI=1S/C23H30O4S/c1-13(24)28-19-12-14-11-15(25)3-4-16(14)17-5-8-22(2)18(21(17)19)6-9-23(22)10-7-20(26)27-23/h11,16-19,21H,3-10,12H2,1-2H3/t16-,17+,18-,19+,21+,22-,23+/m0/s1. The number of esters is 1. The fourth-order valence-corrected chi connectivity index (χ4v) is 9.05. The molecule has 1 aliphatic heterocycles. The zero-order chi connectivity index (χ0) is 19.7. The Hall–Kier alpha value is -1.10. The zero-order valence-corrected chi connectivity index (χ0v) is 17.7. The summed E-state index contributed by atoms with van der Waals surface area (Å²) in [5.41, 5.74) is 1.06. The van der Waals surface area contributed by atoms with E-state index in [-0.39, 0.29) is 33.1 Å². The summed E-state index contributed by atoms with van der Waals surface area (Å²) in [7, 11) is 0. The number of rotatable bonds is 1. The number of ether oxygens (including phenoxy) is 1. The maximum atomic E-state index is 12.1. The van der Waals surface area contributed by atoms with Crippen molar-refractivity contribution in [2.75, 3.05) is 0 Å². The van der Waals surface area contributed by atoms with Crippen molar-refractivity contribution in [1.82, 2.24) is 0 Å². The molecule has 0 amide bonds. The van der Waals surface area contributed by atoms with E-state index in [1.807, 2.05) is 6.08 Å². The lowest BCUT2D eigenvalue weighted by Gasteiger charge is -2.57. The smallest absolute Gasteiger partial charge is 0.306 e. The normalized spacial score (nSPS) is 47.2. The Labute approximate surface area is 171 Å². The zero-order valence-electron chi connectivity index (χ0n) is 16.9. The van der Waals surface area contributed by atoms with Crippen molar-refractivity contribution in [3.8, 4) is 0 Å². The van der Waals surface area contributed by atoms with Crippen molar-refractivity contribution < 1.29 is 19.1 Å². The highest BCUT2D eigenvalue weighted by Gasteiger charge is 2.67. The van der Waals surface area contributed by atoms with Crippen LogP contribution in [0.2, 0.25) is 0 Å². The number of hydrogen-bond donors (Lipinski definition) is 0. The van der Waals surface area contributed by atoms with Crippen LogP contribution >= 0.6 is 11.8 Å². The lowest BCUT2D eigenvalue weighted by molar-refractivity contribution is -0.165. The van der Waals surface area contributed by atoms with Crippen LogP contribution in [0, 0.1) is 29.1 Å². The van der Waals surface area contributed by atoms with Gasteiger partial charge >= 0.3 is 5.97 Å². The molecule has 4 fully saturated rings. The summed E-state index contributed by atoms with van der Waals surface area (Å²) in [4.78, 5) is 36.1. The van der Waals surface area contributed by atoms with Gasteiger partial charge in [0.1, 0.15) is 5.60 Å². The van der Waals surface area contributed by atoms with Gasteiger partial charge in [0.25, 0.3) is 0 Å². The van der Waals surface area contributed by atoms with E-state index in [2.05, 4.69) is 6.92 Å². The molecule has 7 atom stereocenters. The van der Waals surface area contributed by atoms with Gasteiger partial charge in [-0.05, 0) is 74.7 Å². The van der Waals surface area contributed by atoms with Gasteiger partial charge in [-0.25, -0.2) is 0 Å².